The number of hydrogen-bond acceptors (Lipinski definition) is 2. The Morgan fingerprint density at radius 1 is 1.27 bits per heavy atom. The van der Waals surface area contributed by atoms with Gasteiger partial charge in [-0.05, 0) is 26.1 Å². The molecular formula is C10H12F3NO. The first kappa shape index (κ1) is 13.6. The van der Waals surface area contributed by atoms with Gasteiger partial charge in [0, 0.05) is 5.56 Å². The van der Waals surface area contributed by atoms with Gasteiger partial charge < -0.3 is 5.73 Å². The van der Waals surface area contributed by atoms with Crippen LogP contribution in [0.15, 0.2) is 18.2 Å². The summed E-state index contributed by atoms with van der Waals surface area (Å²) in [7, 11) is 1.50. The molecule has 15 heavy (non-hydrogen) atoms. The van der Waals surface area contributed by atoms with E-state index in [4.69, 9.17) is 0 Å². The van der Waals surface area contributed by atoms with Gasteiger partial charge in [0.15, 0.2) is 6.29 Å². The molecule has 5 heteroatoms. The normalized spacial score (nSPS) is 10.3. The number of nitrogens with two attached hydrogens (primary N) is 1. The van der Waals surface area contributed by atoms with Gasteiger partial charge in [-0.3, -0.25) is 4.79 Å². The van der Waals surface area contributed by atoms with Crippen LogP contribution in [0.2, 0.25) is 0 Å². The van der Waals surface area contributed by atoms with Crippen LogP contribution in [0.3, 0.4) is 0 Å². The Hall–Kier alpha value is -1.36. The maximum Gasteiger partial charge on any atom is 0.417 e. The molecule has 0 saturated carbocycles. The van der Waals surface area contributed by atoms with Crippen molar-refractivity contribution in [1.29, 1.82) is 0 Å². The SMILES string of the molecule is CN.Cc1ccc(C(F)(F)F)c(C=O)c1. The fraction of sp³-hybridized carbons (Fsp3) is 0.300. The molecule has 0 bridgehead atoms. The van der Waals surface area contributed by atoms with Gasteiger partial charge in [0.1, 0.15) is 0 Å². The summed E-state index contributed by atoms with van der Waals surface area (Å²) in [5.74, 6) is 0. The third kappa shape index (κ3) is 3.71. The lowest BCUT2D eigenvalue weighted by atomic mass is 10.1. The first-order valence-electron chi connectivity index (χ1n) is 4.16. The second kappa shape index (κ2) is 5.50. The monoisotopic (exact) mass is 219 g/mol. The molecule has 0 aliphatic carbocycles. The van der Waals surface area contributed by atoms with E-state index in [1.165, 1.54) is 19.2 Å². The molecule has 2 N–H and O–H groups in total. The highest BCUT2D eigenvalue weighted by Crippen LogP contribution is 2.31. The highest BCUT2D eigenvalue weighted by Gasteiger charge is 2.32. The van der Waals surface area contributed by atoms with Crippen molar-refractivity contribution in [3.8, 4) is 0 Å². The van der Waals surface area contributed by atoms with Crippen LogP contribution >= 0.6 is 0 Å². The Morgan fingerprint density at radius 3 is 2.20 bits per heavy atom. The Morgan fingerprint density at radius 2 is 1.80 bits per heavy atom. The summed E-state index contributed by atoms with van der Waals surface area (Å²) in [5.41, 5.74) is 3.94. The van der Waals surface area contributed by atoms with E-state index in [-0.39, 0.29) is 11.8 Å². The van der Waals surface area contributed by atoms with Gasteiger partial charge in [-0.25, -0.2) is 0 Å². The van der Waals surface area contributed by atoms with Crippen molar-refractivity contribution in [3.05, 3.63) is 34.9 Å². The molecule has 0 heterocycles. The zero-order valence-electron chi connectivity index (χ0n) is 8.43. The van der Waals surface area contributed by atoms with E-state index in [1.807, 2.05) is 0 Å². The molecule has 0 amide bonds. The van der Waals surface area contributed by atoms with Crippen molar-refractivity contribution in [2.24, 2.45) is 5.73 Å². The number of hydrogen-bond donors (Lipinski definition) is 1. The van der Waals surface area contributed by atoms with Crippen molar-refractivity contribution in [2.75, 3.05) is 7.05 Å². The molecule has 0 aliphatic rings. The lowest BCUT2D eigenvalue weighted by Gasteiger charge is -2.09. The van der Waals surface area contributed by atoms with Crippen LogP contribution in [0.1, 0.15) is 21.5 Å². The second-order valence-electron chi connectivity index (χ2n) is 2.71. The molecule has 2 nitrogen and oxygen atoms in total. The summed E-state index contributed by atoms with van der Waals surface area (Å²) >= 11 is 0. The zero-order valence-corrected chi connectivity index (χ0v) is 8.43. The second-order valence-corrected chi connectivity index (χ2v) is 2.71. The van der Waals surface area contributed by atoms with Crippen molar-refractivity contribution in [3.63, 3.8) is 0 Å². The summed E-state index contributed by atoms with van der Waals surface area (Å²) in [6, 6.07) is 3.46. The lowest BCUT2D eigenvalue weighted by molar-refractivity contribution is -0.137. The maximum absolute atomic E-state index is 12.2. The van der Waals surface area contributed by atoms with E-state index in [0.717, 1.165) is 6.07 Å². The van der Waals surface area contributed by atoms with Gasteiger partial charge >= 0.3 is 6.18 Å². The molecule has 0 saturated heterocycles. The standard InChI is InChI=1S/C9H7F3O.CH5N/c1-6-2-3-8(9(10,11)12)7(4-6)5-13;1-2/h2-5H,1H3;2H2,1H3. The Balaban J connectivity index is 0.000000921. The number of halogens is 3. The fourth-order valence-electron chi connectivity index (χ4n) is 1.04. The van der Waals surface area contributed by atoms with E-state index in [9.17, 15) is 18.0 Å². The van der Waals surface area contributed by atoms with Crippen molar-refractivity contribution in [2.45, 2.75) is 13.1 Å². The Bertz CT molecular complexity index is 334. The quantitative estimate of drug-likeness (QED) is 0.737. The lowest BCUT2D eigenvalue weighted by Crippen LogP contribution is -2.08. The molecular weight excluding hydrogens is 207 g/mol. The molecule has 1 aromatic carbocycles. The molecule has 1 aromatic rings. The first-order valence-corrected chi connectivity index (χ1v) is 4.16. The number of aldehydes is 1. The number of carbonyl (C=O) groups excluding carboxylic acids is 1. The van der Waals surface area contributed by atoms with Crippen LogP contribution in [0.25, 0.3) is 0 Å². The van der Waals surface area contributed by atoms with E-state index in [1.54, 1.807) is 6.92 Å². The number of rotatable bonds is 1. The predicted octanol–water partition coefficient (Wildman–Crippen LogP) is 2.40. The molecule has 0 atom stereocenters. The van der Waals surface area contributed by atoms with Crippen molar-refractivity contribution in [1.82, 2.24) is 0 Å². The summed E-state index contributed by atoms with van der Waals surface area (Å²) in [6.07, 6.45) is -4.24. The number of carbonyl (C=O) groups is 1. The summed E-state index contributed by atoms with van der Waals surface area (Å²) in [5, 5.41) is 0. The minimum Gasteiger partial charge on any atom is -0.333 e. The van der Waals surface area contributed by atoms with Crippen molar-refractivity contribution >= 4 is 6.29 Å². The van der Waals surface area contributed by atoms with Crippen LogP contribution in [0.4, 0.5) is 13.2 Å². The van der Waals surface area contributed by atoms with Crippen LogP contribution in [-0.2, 0) is 6.18 Å². The first-order chi connectivity index (χ1) is 6.95. The van der Waals surface area contributed by atoms with Gasteiger partial charge in [0.2, 0.25) is 0 Å². The predicted molar refractivity (Wildman–Crippen MR) is 51.7 cm³/mol. The van der Waals surface area contributed by atoms with Gasteiger partial charge in [0.25, 0.3) is 0 Å². The molecule has 1 rings (SSSR count). The molecule has 84 valence electrons. The highest BCUT2D eigenvalue weighted by atomic mass is 19.4. The average molecular weight is 219 g/mol. The third-order valence-electron chi connectivity index (χ3n) is 1.64. The largest absolute Gasteiger partial charge is 0.417 e. The van der Waals surface area contributed by atoms with Crippen LogP contribution in [0, 0.1) is 6.92 Å². The topological polar surface area (TPSA) is 43.1 Å². The molecule has 0 fully saturated rings. The van der Waals surface area contributed by atoms with Gasteiger partial charge in [-0.1, -0.05) is 11.6 Å². The van der Waals surface area contributed by atoms with E-state index < -0.39 is 11.7 Å². The summed E-state index contributed by atoms with van der Waals surface area (Å²) in [4.78, 5) is 10.3. The minimum atomic E-state index is -4.45. The van der Waals surface area contributed by atoms with Crippen molar-refractivity contribution < 1.29 is 18.0 Å². The molecule has 0 aliphatic heterocycles. The van der Waals surface area contributed by atoms with E-state index in [2.05, 4.69) is 5.73 Å². The van der Waals surface area contributed by atoms with E-state index in [0.29, 0.717) is 5.56 Å². The van der Waals surface area contributed by atoms with Gasteiger partial charge in [-0.2, -0.15) is 13.2 Å². The van der Waals surface area contributed by atoms with Gasteiger partial charge in [0.05, 0.1) is 5.56 Å². The van der Waals surface area contributed by atoms with Crippen LogP contribution < -0.4 is 5.73 Å². The van der Waals surface area contributed by atoms with Crippen LogP contribution in [-0.4, -0.2) is 13.3 Å². The number of alkyl halides is 3. The zero-order chi connectivity index (χ0) is 12.1. The number of benzene rings is 1. The van der Waals surface area contributed by atoms with E-state index >= 15 is 0 Å². The maximum atomic E-state index is 12.2. The minimum absolute atomic E-state index is 0.218. The van der Waals surface area contributed by atoms with Crippen LogP contribution in [0.5, 0.6) is 0 Å². The molecule has 0 unspecified atom stereocenters. The van der Waals surface area contributed by atoms with Gasteiger partial charge in [-0.15, -0.1) is 0 Å². The fourth-order valence-corrected chi connectivity index (χ4v) is 1.04. The summed E-state index contributed by atoms with van der Waals surface area (Å²) < 4.78 is 36.6. The third-order valence-corrected chi connectivity index (χ3v) is 1.64. The Kier molecular flexibility index (Phi) is 5.00. The molecule has 0 spiro atoms. The highest BCUT2D eigenvalue weighted by molar-refractivity contribution is 5.78. The Labute approximate surface area is 85.9 Å². The average Bonchev–Trinajstić information content (AvgIpc) is 2.18. The smallest absolute Gasteiger partial charge is 0.333 e. The molecule has 0 aromatic heterocycles. The molecule has 0 radical (unpaired) electrons. The number of aryl methyl sites for hydroxylation is 1. The summed E-state index contributed by atoms with van der Waals surface area (Å²) in [6.45, 7) is 1.63.